The first kappa shape index (κ1) is 13.4. The normalized spacial score (nSPS) is 11.0. The topological polar surface area (TPSA) is 68.8 Å². The zero-order valence-corrected chi connectivity index (χ0v) is 11.7. The molecule has 0 aliphatic heterocycles. The minimum Gasteiger partial charge on any atom is -0.398 e. The van der Waals surface area contributed by atoms with Crippen LogP contribution in [0.1, 0.15) is 5.69 Å². The van der Waals surface area contributed by atoms with Crippen molar-refractivity contribution in [2.24, 2.45) is 7.05 Å². The molecule has 1 aromatic carbocycles. The maximum absolute atomic E-state index is 14.1. The fraction of sp³-hybridized carbons (Fsp3) is 0.200. The highest BCUT2D eigenvalue weighted by molar-refractivity contribution is 5.98. The van der Waals surface area contributed by atoms with Crippen LogP contribution in [0.4, 0.5) is 15.8 Å². The molecule has 0 bridgehead atoms. The number of halogens is 1. The molecular weight excluding hydrogens is 269 g/mol. The number of hydrogen-bond acceptors (Lipinski definition) is 4. The van der Waals surface area contributed by atoms with Crippen molar-refractivity contribution < 1.29 is 4.39 Å². The van der Waals surface area contributed by atoms with Crippen molar-refractivity contribution in [3.8, 4) is 0 Å². The number of fused-ring (bicyclic) bond motifs is 1. The monoisotopic (exact) mass is 285 g/mol. The van der Waals surface area contributed by atoms with Crippen LogP contribution in [0.25, 0.3) is 10.9 Å². The van der Waals surface area contributed by atoms with Crippen LogP contribution in [0.3, 0.4) is 0 Å². The van der Waals surface area contributed by atoms with Crippen LogP contribution in [0.15, 0.2) is 36.7 Å². The van der Waals surface area contributed by atoms with Gasteiger partial charge in [0.15, 0.2) is 5.82 Å². The van der Waals surface area contributed by atoms with Crippen molar-refractivity contribution in [1.29, 1.82) is 0 Å². The number of hydrogen-bond donors (Lipinski definition) is 2. The minimum absolute atomic E-state index is 0.385. The molecule has 21 heavy (non-hydrogen) atoms. The molecule has 0 amide bonds. The van der Waals surface area contributed by atoms with Gasteiger partial charge >= 0.3 is 0 Å². The number of nitrogens with one attached hydrogen (secondary N) is 1. The molecule has 0 aliphatic carbocycles. The van der Waals surface area contributed by atoms with Crippen molar-refractivity contribution >= 4 is 22.3 Å². The Bertz CT molecular complexity index is 781. The van der Waals surface area contributed by atoms with Gasteiger partial charge < -0.3 is 11.1 Å². The van der Waals surface area contributed by atoms with E-state index < -0.39 is 0 Å². The van der Waals surface area contributed by atoms with Crippen LogP contribution in [0.2, 0.25) is 0 Å². The lowest BCUT2D eigenvalue weighted by molar-refractivity contribution is 0.631. The first-order valence-electron chi connectivity index (χ1n) is 6.70. The smallest absolute Gasteiger partial charge is 0.150 e. The molecular formula is C15H16FN5. The number of nitrogens with zero attached hydrogens (tertiary/aromatic N) is 3. The SMILES string of the molecule is Cn1nccc1CCNc1c(F)cc(N)c2cccnc12. The van der Waals surface area contributed by atoms with Crippen LogP contribution in [0, 0.1) is 5.82 Å². The van der Waals surface area contributed by atoms with Crippen molar-refractivity contribution in [2.75, 3.05) is 17.6 Å². The van der Waals surface area contributed by atoms with Crippen molar-refractivity contribution in [2.45, 2.75) is 6.42 Å². The molecule has 108 valence electrons. The van der Waals surface area contributed by atoms with Crippen LogP contribution >= 0.6 is 0 Å². The van der Waals surface area contributed by atoms with E-state index in [0.29, 0.717) is 23.4 Å². The molecule has 0 saturated carbocycles. The van der Waals surface area contributed by atoms with E-state index in [2.05, 4.69) is 15.4 Å². The van der Waals surface area contributed by atoms with Crippen molar-refractivity contribution in [1.82, 2.24) is 14.8 Å². The van der Waals surface area contributed by atoms with Gasteiger partial charge in [-0.05, 0) is 24.3 Å². The molecule has 3 rings (SSSR count). The third-order valence-electron chi connectivity index (χ3n) is 3.48. The van der Waals surface area contributed by atoms with Gasteiger partial charge in [0.1, 0.15) is 0 Å². The first-order valence-corrected chi connectivity index (χ1v) is 6.70. The summed E-state index contributed by atoms with van der Waals surface area (Å²) in [6, 6.07) is 6.90. The summed E-state index contributed by atoms with van der Waals surface area (Å²) in [6.07, 6.45) is 4.12. The molecule has 0 unspecified atom stereocenters. The molecule has 0 saturated heterocycles. The summed E-state index contributed by atoms with van der Waals surface area (Å²) >= 11 is 0. The molecule has 6 heteroatoms. The Morgan fingerprint density at radius 2 is 2.19 bits per heavy atom. The molecule has 3 N–H and O–H groups in total. The van der Waals surface area contributed by atoms with Gasteiger partial charge in [-0.2, -0.15) is 5.10 Å². The number of anilines is 2. The number of aryl methyl sites for hydroxylation is 1. The molecule has 0 radical (unpaired) electrons. The molecule has 3 aromatic rings. The van der Waals surface area contributed by atoms with Crippen LogP contribution in [-0.2, 0) is 13.5 Å². The van der Waals surface area contributed by atoms with E-state index >= 15 is 0 Å². The highest BCUT2D eigenvalue weighted by Crippen LogP contribution is 2.29. The number of nitrogen functional groups attached to an aromatic ring is 1. The molecule has 5 nitrogen and oxygen atoms in total. The Balaban J connectivity index is 1.85. The fourth-order valence-electron chi connectivity index (χ4n) is 2.37. The lowest BCUT2D eigenvalue weighted by atomic mass is 10.1. The molecule has 2 heterocycles. The summed E-state index contributed by atoms with van der Waals surface area (Å²) in [7, 11) is 1.89. The summed E-state index contributed by atoms with van der Waals surface area (Å²) < 4.78 is 15.9. The third kappa shape index (κ3) is 2.52. The lowest BCUT2D eigenvalue weighted by Gasteiger charge is -2.12. The second kappa shape index (κ2) is 5.40. The van der Waals surface area contributed by atoms with Crippen LogP contribution in [-0.4, -0.2) is 21.3 Å². The highest BCUT2D eigenvalue weighted by atomic mass is 19.1. The highest BCUT2D eigenvalue weighted by Gasteiger charge is 2.11. The Hall–Kier alpha value is -2.63. The number of rotatable bonds is 4. The van der Waals surface area contributed by atoms with Gasteiger partial charge in [-0.3, -0.25) is 9.67 Å². The third-order valence-corrected chi connectivity index (χ3v) is 3.48. The summed E-state index contributed by atoms with van der Waals surface area (Å²) in [5.74, 6) is -0.385. The van der Waals surface area contributed by atoms with Crippen LogP contribution < -0.4 is 11.1 Å². The summed E-state index contributed by atoms with van der Waals surface area (Å²) in [5, 5.41) is 7.97. The van der Waals surface area contributed by atoms with Gasteiger partial charge in [-0.1, -0.05) is 0 Å². The predicted molar refractivity (Wildman–Crippen MR) is 81.5 cm³/mol. The zero-order valence-electron chi connectivity index (χ0n) is 11.7. The molecule has 0 spiro atoms. The number of pyridine rings is 1. The van der Waals surface area contributed by atoms with E-state index in [0.717, 1.165) is 17.5 Å². The maximum atomic E-state index is 14.1. The van der Waals surface area contributed by atoms with Crippen molar-refractivity contribution in [3.05, 3.63) is 48.2 Å². The van der Waals surface area contributed by atoms with E-state index in [1.165, 1.54) is 6.07 Å². The van der Waals surface area contributed by atoms with Gasteiger partial charge in [-0.15, -0.1) is 0 Å². The van der Waals surface area contributed by atoms with Gasteiger partial charge in [0.2, 0.25) is 0 Å². The summed E-state index contributed by atoms with van der Waals surface area (Å²) in [5.41, 5.74) is 8.25. The number of aromatic nitrogens is 3. The number of benzene rings is 1. The minimum atomic E-state index is -0.385. The predicted octanol–water partition coefficient (Wildman–Crippen LogP) is 2.34. The largest absolute Gasteiger partial charge is 0.398 e. The summed E-state index contributed by atoms with van der Waals surface area (Å²) in [6.45, 7) is 0.589. The molecule has 0 atom stereocenters. The average Bonchev–Trinajstić information content (AvgIpc) is 2.88. The Kier molecular flexibility index (Phi) is 3.43. The number of nitrogens with two attached hydrogens (primary N) is 1. The van der Waals surface area contributed by atoms with Gasteiger partial charge in [0.05, 0.1) is 11.2 Å². The first-order chi connectivity index (χ1) is 10.2. The average molecular weight is 285 g/mol. The van der Waals surface area contributed by atoms with E-state index in [1.54, 1.807) is 23.1 Å². The molecule has 2 aromatic heterocycles. The molecule has 0 aliphatic rings. The van der Waals surface area contributed by atoms with E-state index in [1.807, 2.05) is 19.2 Å². The van der Waals surface area contributed by atoms with Gasteiger partial charge in [0, 0.05) is 49.2 Å². The Morgan fingerprint density at radius 1 is 1.33 bits per heavy atom. The quantitative estimate of drug-likeness (QED) is 0.722. The van der Waals surface area contributed by atoms with Crippen molar-refractivity contribution in [3.63, 3.8) is 0 Å². The standard InChI is InChI=1S/C15H16FN5/c1-21-10(5-8-20-21)4-7-19-15-12(16)9-13(17)11-3-2-6-18-14(11)15/h2-3,5-6,8-9,19H,4,7,17H2,1H3. The van der Waals surface area contributed by atoms with Gasteiger partial charge in [0.25, 0.3) is 0 Å². The Labute approximate surface area is 121 Å². The second-order valence-electron chi connectivity index (χ2n) is 4.85. The van der Waals surface area contributed by atoms with Crippen LogP contribution in [0.5, 0.6) is 0 Å². The fourth-order valence-corrected chi connectivity index (χ4v) is 2.37. The Morgan fingerprint density at radius 3 is 2.95 bits per heavy atom. The molecule has 0 fully saturated rings. The lowest BCUT2D eigenvalue weighted by Crippen LogP contribution is -2.10. The van der Waals surface area contributed by atoms with Gasteiger partial charge in [-0.25, -0.2) is 4.39 Å². The maximum Gasteiger partial charge on any atom is 0.150 e. The van der Waals surface area contributed by atoms with E-state index in [9.17, 15) is 4.39 Å². The van der Waals surface area contributed by atoms with E-state index in [-0.39, 0.29) is 5.82 Å². The zero-order chi connectivity index (χ0) is 14.8. The van der Waals surface area contributed by atoms with E-state index in [4.69, 9.17) is 5.73 Å². The summed E-state index contributed by atoms with van der Waals surface area (Å²) in [4.78, 5) is 4.24. The second-order valence-corrected chi connectivity index (χ2v) is 4.85.